The zero-order valence-electron chi connectivity index (χ0n) is 18.1. The van der Waals surface area contributed by atoms with Crippen LogP contribution in [0.5, 0.6) is 11.5 Å². The third kappa shape index (κ3) is 6.15. The van der Waals surface area contributed by atoms with Crippen LogP contribution in [0, 0.1) is 5.82 Å². The van der Waals surface area contributed by atoms with E-state index in [1.807, 2.05) is 30.3 Å². The molecule has 4 nitrogen and oxygen atoms in total. The van der Waals surface area contributed by atoms with Gasteiger partial charge in [-0.3, -0.25) is 0 Å². The Morgan fingerprint density at radius 1 is 0.968 bits per heavy atom. The monoisotopic (exact) mass is 422 g/mol. The van der Waals surface area contributed by atoms with Crippen molar-refractivity contribution in [2.75, 3.05) is 13.2 Å². The first-order chi connectivity index (χ1) is 14.9. The van der Waals surface area contributed by atoms with Crippen molar-refractivity contribution in [3.05, 3.63) is 95.3 Å². The Labute approximate surface area is 182 Å². The van der Waals surface area contributed by atoms with Crippen molar-refractivity contribution in [3.63, 3.8) is 0 Å². The molecule has 31 heavy (non-hydrogen) atoms. The quantitative estimate of drug-likeness (QED) is 0.380. The summed E-state index contributed by atoms with van der Waals surface area (Å²) in [4.78, 5) is 11.8. The van der Waals surface area contributed by atoms with Gasteiger partial charge in [0.1, 0.15) is 5.75 Å². The summed E-state index contributed by atoms with van der Waals surface area (Å²) < 4.78 is 30.7. The van der Waals surface area contributed by atoms with Gasteiger partial charge in [0, 0.05) is 5.41 Å². The molecule has 3 aromatic carbocycles. The van der Waals surface area contributed by atoms with Gasteiger partial charge >= 0.3 is 5.97 Å². The minimum atomic E-state index is -0.422. The second-order valence-electron chi connectivity index (χ2n) is 7.85. The van der Waals surface area contributed by atoms with Crippen molar-refractivity contribution in [1.82, 2.24) is 0 Å². The number of benzene rings is 3. The normalized spacial score (nSPS) is 11.2. The molecule has 0 amide bonds. The fraction of sp³-hybridized carbons (Fsp3) is 0.269. The van der Waals surface area contributed by atoms with Gasteiger partial charge in [0.15, 0.2) is 11.6 Å². The zero-order valence-corrected chi connectivity index (χ0v) is 18.1. The topological polar surface area (TPSA) is 44.8 Å². The van der Waals surface area contributed by atoms with Crippen LogP contribution < -0.4 is 4.74 Å². The van der Waals surface area contributed by atoms with Crippen LogP contribution in [0.15, 0.2) is 72.8 Å². The molecular weight excluding hydrogens is 395 g/mol. The van der Waals surface area contributed by atoms with Crippen LogP contribution in [-0.4, -0.2) is 19.2 Å². The number of carbonyl (C=O) groups excluding carboxylic acids is 1. The lowest BCUT2D eigenvalue weighted by atomic mass is 9.85. The van der Waals surface area contributed by atoms with Crippen molar-refractivity contribution in [1.29, 1.82) is 0 Å². The van der Waals surface area contributed by atoms with Crippen LogP contribution >= 0.6 is 0 Å². The van der Waals surface area contributed by atoms with Gasteiger partial charge in [-0.25, -0.2) is 9.18 Å². The summed E-state index contributed by atoms with van der Waals surface area (Å²) in [6.45, 7) is 7.06. The maximum atomic E-state index is 14.1. The van der Waals surface area contributed by atoms with E-state index in [1.54, 1.807) is 43.3 Å². The van der Waals surface area contributed by atoms with Crippen LogP contribution in [0.4, 0.5) is 4.39 Å². The Balaban J connectivity index is 1.60. The van der Waals surface area contributed by atoms with E-state index in [4.69, 9.17) is 14.2 Å². The Morgan fingerprint density at radius 2 is 1.68 bits per heavy atom. The van der Waals surface area contributed by atoms with E-state index in [-0.39, 0.29) is 17.1 Å². The molecule has 3 aromatic rings. The third-order valence-corrected chi connectivity index (χ3v) is 4.88. The smallest absolute Gasteiger partial charge is 0.338 e. The number of ether oxygens (including phenoxy) is 3. The average molecular weight is 422 g/mol. The molecule has 3 rings (SSSR count). The summed E-state index contributed by atoms with van der Waals surface area (Å²) in [5, 5.41) is 0. The Hall–Kier alpha value is -3.18. The molecule has 162 valence electrons. The number of hydrogen-bond acceptors (Lipinski definition) is 4. The number of carbonyl (C=O) groups is 1. The molecule has 0 radical (unpaired) electrons. The van der Waals surface area contributed by atoms with Crippen LogP contribution in [-0.2, 0) is 21.5 Å². The lowest BCUT2D eigenvalue weighted by Crippen LogP contribution is -2.24. The fourth-order valence-electron chi connectivity index (χ4n) is 3.11. The number of halogens is 1. The molecule has 0 N–H and O–H groups in total. The lowest BCUT2D eigenvalue weighted by Gasteiger charge is -2.25. The van der Waals surface area contributed by atoms with Crippen LogP contribution in [0.2, 0.25) is 0 Å². The molecule has 0 aromatic heterocycles. The molecule has 0 aliphatic carbocycles. The second-order valence-corrected chi connectivity index (χ2v) is 7.85. The van der Waals surface area contributed by atoms with Crippen molar-refractivity contribution in [2.24, 2.45) is 0 Å². The summed E-state index contributed by atoms with van der Waals surface area (Å²) in [5.41, 5.74) is 2.13. The highest BCUT2D eigenvalue weighted by Crippen LogP contribution is 2.27. The highest BCUT2D eigenvalue weighted by Gasteiger charge is 2.21. The number of rotatable bonds is 9. The Kier molecular flexibility index (Phi) is 7.42. The van der Waals surface area contributed by atoms with E-state index in [0.717, 1.165) is 11.1 Å². The molecule has 0 aliphatic heterocycles. The number of esters is 1. The molecule has 0 aliphatic rings. The van der Waals surface area contributed by atoms with Gasteiger partial charge in [-0.15, -0.1) is 0 Å². The minimum Gasteiger partial charge on any atom is -0.462 e. The number of hydrogen-bond donors (Lipinski definition) is 0. The molecule has 0 spiro atoms. The molecule has 0 atom stereocenters. The van der Waals surface area contributed by atoms with Gasteiger partial charge in [0.25, 0.3) is 0 Å². The zero-order chi connectivity index (χ0) is 22.3. The molecule has 0 bridgehead atoms. The first-order valence-electron chi connectivity index (χ1n) is 10.3. The molecule has 0 saturated carbocycles. The summed E-state index contributed by atoms with van der Waals surface area (Å²) in [6, 6.07) is 21.2. The summed E-state index contributed by atoms with van der Waals surface area (Å²) in [5.74, 6) is -0.00412. The highest BCUT2D eigenvalue weighted by molar-refractivity contribution is 5.89. The van der Waals surface area contributed by atoms with E-state index in [0.29, 0.717) is 31.1 Å². The maximum absolute atomic E-state index is 14.1. The maximum Gasteiger partial charge on any atom is 0.338 e. The van der Waals surface area contributed by atoms with Gasteiger partial charge in [-0.05, 0) is 54.4 Å². The van der Waals surface area contributed by atoms with E-state index >= 15 is 0 Å². The van der Waals surface area contributed by atoms with Crippen molar-refractivity contribution in [2.45, 2.75) is 32.8 Å². The second kappa shape index (κ2) is 10.2. The molecule has 5 heteroatoms. The third-order valence-electron chi connectivity index (χ3n) is 4.88. The summed E-state index contributed by atoms with van der Waals surface area (Å²) in [6.07, 6.45) is 0. The van der Waals surface area contributed by atoms with E-state index in [2.05, 4.69) is 13.8 Å². The summed E-state index contributed by atoms with van der Waals surface area (Å²) in [7, 11) is 0. The summed E-state index contributed by atoms with van der Waals surface area (Å²) >= 11 is 0. The SMILES string of the molecule is CCOC(=O)c1ccc(C(C)(C)COCc2ccc(F)c(Oc3ccccc3)c2)cc1. The molecule has 0 heterocycles. The predicted octanol–water partition coefficient (Wildman–Crippen LogP) is 6.29. The Morgan fingerprint density at radius 3 is 2.35 bits per heavy atom. The van der Waals surface area contributed by atoms with Gasteiger partial charge in [0.2, 0.25) is 0 Å². The predicted molar refractivity (Wildman–Crippen MR) is 118 cm³/mol. The van der Waals surface area contributed by atoms with Crippen LogP contribution in [0.1, 0.15) is 42.3 Å². The van der Waals surface area contributed by atoms with Crippen molar-refractivity contribution >= 4 is 5.97 Å². The first kappa shape index (κ1) is 22.5. The van der Waals surface area contributed by atoms with E-state index in [9.17, 15) is 9.18 Å². The number of para-hydroxylation sites is 1. The standard InChI is InChI=1S/C26H27FO4/c1-4-30-25(28)20-11-13-21(14-12-20)26(2,3)18-29-17-19-10-15-23(27)24(16-19)31-22-8-6-5-7-9-22/h5-16H,4,17-18H2,1-3H3. The minimum absolute atomic E-state index is 0.168. The fourth-order valence-corrected chi connectivity index (χ4v) is 3.11. The largest absolute Gasteiger partial charge is 0.462 e. The van der Waals surface area contributed by atoms with Crippen molar-refractivity contribution in [3.8, 4) is 11.5 Å². The molecule has 0 saturated heterocycles. The first-order valence-corrected chi connectivity index (χ1v) is 10.3. The van der Waals surface area contributed by atoms with E-state index in [1.165, 1.54) is 6.07 Å². The van der Waals surface area contributed by atoms with Gasteiger partial charge in [-0.1, -0.05) is 50.2 Å². The average Bonchev–Trinajstić information content (AvgIpc) is 2.77. The molecule has 0 fully saturated rings. The van der Waals surface area contributed by atoms with Gasteiger partial charge < -0.3 is 14.2 Å². The highest BCUT2D eigenvalue weighted by atomic mass is 19.1. The molecular formula is C26H27FO4. The molecule has 0 unspecified atom stereocenters. The Bertz CT molecular complexity index is 998. The van der Waals surface area contributed by atoms with Crippen molar-refractivity contribution < 1.29 is 23.4 Å². The van der Waals surface area contributed by atoms with Gasteiger partial charge in [0.05, 0.1) is 25.4 Å². The van der Waals surface area contributed by atoms with Crippen LogP contribution in [0.25, 0.3) is 0 Å². The van der Waals surface area contributed by atoms with E-state index < -0.39 is 5.82 Å². The van der Waals surface area contributed by atoms with Crippen LogP contribution in [0.3, 0.4) is 0 Å². The lowest BCUT2D eigenvalue weighted by molar-refractivity contribution is 0.0526. The van der Waals surface area contributed by atoms with Gasteiger partial charge in [-0.2, -0.15) is 0 Å².